The van der Waals surface area contributed by atoms with Crippen molar-refractivity contribution < 1.29 is 14.3 Å². The SMILES string of the molecule is O=C(O)N(Br)Cc1cccc(F)c1. The van der Waals surface area contributed by atoms with Gasteiger partial charge >= 0.3 is 6.09 Å². The molecule has 70 valence electrons. The van der Waals surface area contributed by atoms with Crippen molar-refractivity contribution in [3.63, 3.8) is 0 Å². The van der Waals surface area contributed by atoms with Gasteiger partial charge < -0.3 is 5.11 Å². The Bertz CT molecular complexity index is 319. The predicted octanol–water partition coefficient (Wildman–Crippen LogP) is 2.62. The van der Waals surface area contributed by atoms with Crippen molar-refractivity contribution in [1.82, 2.24) is 3.93 Å². The minimum atomic E-state index is -1.11. The van der Waals surface area contributed by atoms with Gasteiger partial charge in [-0.3, -0.25) is 0 Å². The highest BCUT2D eigenvalue weighted by Crippen LogP contribution is 2.10. The third kappa shape index (κ3) is 3.02. The van der Waals surface area contributed by atoms with E-state index < -0.39 is 6.09 Å². The summed E-state index contributed by atoms with van der Waals surface area (Å²) in [6, 6.07) is 5.79. The summed E-state index contributed by atoms with van der Waals surface area (Å²) >= 11 is 2.81. The second kappa shape index (κ2) is 4.23. The number of rotatable bonds is 2. The third-order valence-electron chi connectivity index (χ3n) is 1.42. The fourth-order valence-electron chi connectivity index (χ4n) is 0.863. The smallest absolute Gasteiger partial charge is 0.417 e. The molecule has 0 saturated heterocycles. The molecule has 0 fully saturated rings. The summed E-state index contributed by atoms with van der Waals surface area (Å²) in [6.07, 6.45) is -1.11. The lowest BCUT2D eigenvalue weighted by Crippen LogP contribution is -2.17. The molecule has 1 aromatic carbocycles. The molecule has 5 heteroatoms. The highest BCUT2D eigenvalue weighted by molar-refractivity contribution is 9.07. The summed E-state index contributed by atoms with van der Waals surface area (Å²) in [5.74, 6) is -0.371. The molecule has 0 aliphatic heterocycles. The molecule has 0 aliphatic rings. The molecule has 3 nitrogen and oxygen atoms in total. The number of hydrogen-bond donors (Lipinski definition) is 1. The van der Waals surface area contributed by atoms with E-state index in [9.17, 15) is 9.18 Å². The van der Waals surface area contributed by atoms with E-state index in [0.29, 0.717) is 5.56 Å². The van der Waals surface area contributed by atoms with Crippen LogP contribution in [-0.2, 0) is 6.54 Å². The minimum Gasteiger partial charge on any atom is -0.464 e. The Labute approximate surface area is 83.1 Å². The quantitative estimate of drug-likeness (QED) is 0.817. The molecule has 0 heterocycles. The van der Waals surface area contributed by atoms with Gasteiger partial charge in [-0.1, -0.05) is 12.1 Å². The molecule has 0 unspecified atom stereocenters. The minimum absolute atomic E-state index is 0.118. The zero-order valence-corrected chi connectivity index (χ0v) is 8.16. The van der Waals surface area contributed by atoms with E-state index in [4.69, 9.17) is 5.11 Å². The predicted molar refractivity (Wildman–Crippen MR) is 48.9 cm³/mol. The lowest BCUT2D eigenvalue weighted by atomic mass is 10.2. The van der Waals surface area contributed by atoms with Crippen molar-refractivity contribution in [3.8, 4) is 0 Å². The number of carboxylic acid groups (broad SMARTS) is 1. The van der Waals surface area contributed by atoms with Gasteiger partial charge in [0.05, 0.1) is 22.7 Å². The molecule has 0 radical (unpaired) electrons. The van der Waals surface area contributed by atoms with Crippen LogP contribution < -0.4 is 0 Å². The molecular weight excluding hydrogens is 241 g/mol. The van der Waals surface area contributed by atoms with E-state index in [0.717, 1.165) is 3.93 Å². The Kier molecular flexibility index (Phi) is 3.25. The van der Waals surface area contributed by atoms with Crippen LogP contribution in [0.4, 0.5) is 9.18 Å². The third-order valence-corrected chi connectivity index (χ3v) is 1.97. The van der Waals surface area contributed by atoms with Gasteiger partial charge in [0.1, 0.15) is 5.82 Å². The molecule has 0 aromatic heterocycles. The molecular formula is C8H7BrFNO2. The van der Waals surface area contributed by atoms with Crippen molar-refractivity contribution >= 4 is 22.2 Å². The number of nitrogens with zero attached hydrogens (tertiary/aromatic N) is 1. The Morgan fingerprint density at radius 3 is 2.85 bits per heavy atom. The average molecular weight is 248 g/mol. The fraction of sp³-hybridized carbons (Fsp3) is 0.125. The van der Waals surface area contributed by atoms with Crippen LogP contribution in [0.25, 0.3) is 0 Å². The summed E-state index contributed by atoms with van der Waals surface area (Å²) in [5.41, 5.74) is 0.597. The monoisotopic (exact) mass is 247 g/mol. The average Bonchev–Trinajstić information content (AvgIpc) is 2.04. The van der Waals surface area contributed by atoms with Crippen molar-refractivity contribution in [2.45, 2.75) is 6.54 Å². The Morgan fingerprint density at radius 2 is 2.31 bits per heavy atom. The number of halogens is 2. The van der Waals surface area contributed by atoms with Crippen LogP contribution in [0.15, 0.2) is 24.3 Å². The largest absolute Gasteiger partial charge is 0.464 e. The topological polar surface area (TPSA) is 40.5 Å². The van der Waals surface area contributed by atoms with Gasteiger partial charge in [0.15, 0.2) is 0 Å². The lowest BCUT2D eigenvalue weighted by Gasteiger charge is -2.09. The molecule has 0 spiro atoms. The second-order valence-electron chi connectivity index (χ2n) is 2.43. The number of carbonyl (C=O) groups is 1. The van der Waals surface area contributed by atoms with Gasteiger partial charge in [-0.25, -0.2) is 13.1 Å². The normalized spacial score (nSPS) is 9.69. The fourth-order valence-corrected chi connectivity index (χ4v) is 1.15. The van der Waals surface area contributed by atoms with Crippen molar-refractivity contribution in [2.75, 3.05) is 0 Å². The highest BCUT2D eigenvalue weighted by atomic mass is 79.9. The first-order chi connectivity index (χ1) is 6.09. The van der Waals surface area contributed by atoms with Crippen molar-refractivity contribution in [1.29, 1.82) is 0 Å². The second-order valence-corrected chi connectivity index (χ2v) is 3.29. The van der Waals surface area contributed by atoms with E-state index in [-0.39, 0.29) is 12.4 Å². The van der Waals surface area contributed by atoms with E-state index >= 15 is 0 Å². The van der Waals surface area contributed by atoms with Crippen LogP contribution in [0.3, 0.4) is 0 Å². The van der Waals surface area contributed by atoms with Gasteiger partial charge in [-0.05, 0) is 17.7 Å². The first-order valence-electron chi connectivity index (χ1n) is 3.50. The Morgan fingerprint density at radius 1 is 1.62 bits per heavy atom. The lowest BCUT2D eigenvalue weighted by molar-refractivity contribution is 0.176. The maximum absolute atomic E-state index is 12.6. The van der Waals surface area contributed by atoms with Crippen LogP contribution in [0.5, 0.6) is 0 Å². The van der Waals surface area contributed by atoms with Gasteiger partial charge in [0.25, 0.3) is 0 Å². The van der Waals surface area contributed by atoms with Gasteiger partial charge in [-0.2, -0.15) is 0 Å². The van der Waals surface area contributed by atoms with Gasteiger partial charge in [0, 0.05) is 0 Å². The van der Waals surface area contributed by atoms with E-state index in [2.05, 4.69) is 16.1 Å². The summed E-state index contributed by atoms with van der Waals surface area (Å²) in [4.78, 5) is 10.4. The maximum Gasteiger partial charge on any atom is 0.417 e. The summed E-state index contributed by atoms with van der Waals surface area (Å²) in [7, 11) is 0. The molecule has 0 atom stereocenters. The molecule has 1 aromatic rings. The zero-order chi connectivity index (χ0) is 9.84. The van der Waals surface area contributed by atoms with E-state index in [1.807, 2.05) is 0 Å². The highest BCUT2D eigenvalue weighted by Gasteiger charge is 2.07. The van der Waals surface area contributed by atoms with Gasteiger partial charge in [0.2, 0.25) is 0 Å². The summed E-state index contributed by atoms with van der Waals surface area (Å²) < 4.78 is 13.5. The maximum atomic E-state index is 12.6. The summed E-state index contributed by atoms with van der Waals surface area (Å²) in [6.45, 7) is 0.118. The molecule has 1 amide bonds. The Balaban J connectivity index is 2.69. The number of hydrogen-bond acceptors (Lipinski definition) is 1. The molecule has 0 bridgehead atoms. The molecule has 1 rings (SSSR count). The van der Waals surface area contributed by atoms with Crippen LogP contribution in [-0.4, -0.2) is 15.1 Å². The molecule has 0 saturated carbocycles. The van der Waals surface area contributed by atoms with E-state index in [1.165, 1.54) is 18.2 Å². The first kappa shape index (κ1) is 9.98. The van der Waals surface area contributed by atoms with Crippen molar-refractivity contribution in [2.24, 2.45) is 0 Å². The standard InChI is InChI=1S/C8H7BrFNO2/c9-11(8(12)13)5-6-2-1-3-7(10)4-6/h1-4H,5H2,(H,12,13). The number of amides is 1. The van der Waals surface area contributed by atoms with Crippen molar-refractivity contribution in [3.05, 3.63) is 35.6 Å². The first-order valence-corrected chi connectivity index (χ1v) is 4.21. The van der Waals surface area contributed by atoms with E-state index in [1.54, 1.807) is 6.07 Å². The van der Waals surface area contributed by atoms with Crippen LogP contribution in [0.2, 0.25) is 0 Å². The molecule has 13 heavy (non-hydrogen) atoms. The Hall–Kier alpha value is -1.10. The van der Waals surface area contributed by atoms with Crippen LogP contribution in [0.1, 0.15) is 5.56 Å². The zero-order valence-electron chi connectivity index (χ0n) is 6.58. The molecule has 0 aliphatic carbocycles. The van der Waals surface area contributed by atoms with Crippen LogP contribution >= 0.6 is 16.1 Å². The van der Waals surface area contributed by atoms with Gasteiger partial charge in [-0.15, -0.1) is 0 Å². The summed E-state index contributed by atoms with van der Waals surface area (Å²) in [5, 5.41) is 8.50. The number of benzene rings is 1. The van der Waals surface area contributed by atoms with Crippen LogP contribution in [0, 0.1) is 5.82 Å². The molecule has 1 N–H and O–H groups in total.